The highest BCUT2D eigenvalue weighted by Gasteiger charge is 2.26. The zero-order valence-electron chi connectivity index (χ0n) is 18.1. The fraction of sp³-hybridized carbons (Fsp3) is 0.391. The number of aromatic nitrogens is 3. The van der Waals surface area contributed by atoms with Gasteiger partial charge in [0.1, 0.15) is 17.7 Å². The molecule has 3 heterocycles. The van der Waals surface area contributed by atoms with Crippen molar-refractivity contribution in [3.05, 3.63) is 52.2 Å². The molecule has 1 aromatic carbocycles. The molecule has 1 atom stereocenters. The average Bonchev–Trinajstić information content (AvgIpc) is 3.39. The highest BCUT2D eigenvalue weighted by Crippen LogP contribution is 2.27. The number of hydrogen-bond donors (Lipinski definition) is 2. The number of rotatable bonds is 6. The smallest absolute Gasteiger partial charge is 0.262 e. The summed E-state index contributed by atoms with van der Waals surface area (Å²) >= 11 is 1.30. The van der Waals surface area contributed by atoms with Crippen molar-refractivity contribution >= 4 is 28.8 Å². The van der Waals surface area contributed by atoms with E-state index in [1.54, 1.807) is 29.6 Å². The first kappa shape index (κ1) is 22.1. The molecular formula is C23H26FN5O2S. The molecule has 2 aromatic heterocycles. The monoisotopic (exact) mass is 455 g/mol. The van der Waals surface area contributed by atoms with Crippen molar-refractivity contribution in [3.63, 3.8) is 0 Å². The van der Waals surface area contributed by atoms with Gasteiger partial charge in [-0.2, -0.15) is 0 Å². The number of benzene rings is 1. The number of halogens is 1. The van der Waals surface area contributed by atoms with Gasteiger partial charge in [-0.1, -0.05) is 26.3 Å². The second-order valence-corrected chi connectivity index (χ2v) is 9.21. The standard InChI is InChI=1S/C23H26FN5O2S/c1-14(2)20(26-22(30)18-7-6-12-32-18)23(31)25-17-13-15(9-10-16(17)24)21-28-27-19-8-4-3-5-11-29(19)21/h6-7,9-10,12-14,20H,3-5,8,11H2,1-2H3,(H,25,31)(H,26,30). The average molecular weight is 456 g/mol. The Hall–Kier alpha value is -3.07. The topological polar surface area (TPSA) is 88.9 Å². The number of hydrogen-bond acceptors (Lipinski definition) is 5. The van der Waals surface area contributed by atoms with Crippen LogP contribution in [0, 0.1) is 11.7 Å². The molecule has 0 radical (unpaired) electrons. The number of nitrogens with zero attached hydrogens (tertiary/aromatic N) is 3. The lowest BCUT2D eigenvalue weighted by Crippen LogP contribution is -2.47. The minimum atomic E-state index is -0.808. The number of carbonyl (C=O) groups excluding carboxylic acids is 2. The minimum absolute atomic E-state index is 0.0505. The van der Waals surface area contributed by atoms with E-state index in [-0.39, 0.29) is 17.5 Å². The molecule has 2 N–H and O–H groups in total. The summed E-state index contributed by atoms with van der Waals surface area (Å²) in [7, 11) is 0. The first-order chi connectivity index (χ1) is 15.4. The Morgan fingerprint density at radius 2 is 2.00 bits per heavy atom. The van der Waals surface area contributed by atoms with Crippen LogP contribution >= 0.6 is 11.3 Å². The third kappa shape index (κ3) is 4.72. The lowest BCUT2D eigenvalue weighted by molar-refractivity contribution is -0.118. The molecule has 7 nitrogen and oxygen atoms in total. The number of anilines is 1. The first-order valence-electron chi connectivity index (χ1n) is 10.8. The molecule has 0 fully saturated rings. The Balaban J connectivity index is 1.55. The summed E-state index contributed by atoms with van der Waals surface area (Å²) in [6, 6.07) is 7.20. The van der Waals surface area contributed by atoms with Gasteiger partial charge in [0.25, 0.3) is 5.91 Å². The lowest BCUT2D eigenvalue weighted by Gasteiger charge is -2.21. The van der Waals surface area contributed by atoms with Gasteiger partial charge >= 0.3 is 0 Å². The second-order valence-electron chi connectivity index (χ2n) is 8.26. The highest BCUT2D eigenvalue weighted by atomic mass is 32.1. The third-order valence-electron chi connectivity index (χ3n) is 5.57. The normalized spacial score (nSPS) is 14.5. The van der Waals surface area contributed by atoms with Crippen LogP contribution in [0.25, 0.3) is 11.4 Å². The van der Waals surface area contributed by atoms with E-state index in [1.807, 2.05) is 13.8 Å². The van der Waals surface area contributed by atoms with Gasteiger partial charge in [0.2, 0.25) is 5.91 Å². The van der Waals surface area contributed by atoms with Crippen LogP contribution in [-0.2, 0) is 17.8 Å². The maximum absolute atomic E-state index is 14.6. The van der Waals surface area contributed by atoms with E-state index in [2.05, 4.69) is 25.4 Å². The Morgan fingerprint density at radius 1 is 1.16 bits per heavy atom. The van der Waals surface area contributed by atoms with Crippen molar-refractivity contribution in [1.82, 2.24) is 20.1 Å². The number of amides is 2. The summed E-state index contributed by atoms with van der Waals surface area (Å²) in [4.78, 5) is 25.9. The van der Waals surface area contributed by atoms with Gasteiger partial charge < -0.3 is 15.2 Å². The Bertz CT molecular complexity index is 1110. The number of aryl methyl sites for hydroxylation is 1. The predicted molar refractivity (Wildman–Crippen MR) is 122 cm³/mol. The highest BCUT2D eigenvalue weighted by molar-refractivity contribution is 7.12. The molecule has 2 amide bonds. The Kier molecular flexibility index (Phi) is 6.64. The van der Waals surface area contributed by atoms with Crippen molar-refractivity contribution in [2.45, 2.75) is 52.1 Å². The summed E-state index contributed by atoms with van der Waals surface area (Å²) in [5.41, 5.74) is 0.737. The third-order valence-corrected chi connectivity index (χ3v) is 6.44. The van der Waals surface area contributed by atoms with Gasteiger partial charge in [0.15, 0.2) is 5.82 Å². The van der Waals surface area contributed by atoms with E-state index < -0.39 is 17.8 Å². The van der Waals surface area contributed by atoms with Crippen LogP contribution in [0.1, 0.15) is 48.6 Å². The zero-order valence-corrected chi connectivity index (χ0v) is 18.9. The Morgan fingerprint density at radius 3 is 2.75 bits per heavy atom. The van der Waals surface area contributed by atoms with Crippen molar-refractivity contribution < 1.29 is 14.0 Å². The molecule has 0 saturated heterocycles. The van der Waals surface area contributed by atoms with Crippen LogP contribution in [0.5, 0.6) is 0 Å². The molecule has 4 rings (SSSR count). The van der Waals surface area contributed by atoms with Gasteiger partial charge in [-0.15, -0.1) is 21.5 Å². The molecule has 0 aliphatic carbocycles. The van der Waals surface area contributed by atoms with E-state index >= 15 is 0 Å². The number of nitrogens with one attached hydrogen (secondary N) is 2. The quantitative estimate of drug-likeness (QED) is 0.581. The number of fused-ring (bicyclic) bond motifs is 1. The van der Waals surface area contributed by atoms with Crippen molar-refractivity contribution in [3.8, 4) is 11.4 Å². The summed E-state index contributed by atoms with van der Waals surface area (Å²) in [5, 5.41) is 15.8. The molecule has 1 aliphatic rings. The maximum atomic E-state index is 14.6. The van der Waals surface area contributed by atoms with Gasteiger partial charge in [-0.25, -0.2) is 4.39 Å². The molecule has 3 aromatic rings. The molecule has 0 spiro atoms. The summed E-state index contributed by atoms with van der Waals surface area (Å²) in [5.74, 6) is 0.0739. The molecule has 1 unspecified atom stereocenters. The molecule has 168 valence electrons. The van der Waals surface area contributed by atoms with Crippen molar-refractivity contribution in [2.24, 2.45) is 5.92 Å². The maximum Gasteiger partial charge on any atom is 0.262 e. The summed E-state index contributed by atoms with van der Waals surface area (Å²) in [6.07, 6.45) is 4.14. The van der Waals surface area contributed by atoms with Crippen LogP contribution in [0.15, 0.2) is 35.7 Å². The zero-order chi connectivity index (χ0) is 22.7. The van der Waals surface area contributed by atoms with E-state index in [1.165, 1.54) is 17.4 Å². The van der Waals surface area contributed by atoms with E-state index in [0.29, 0.717) is 16.3 Å². The van der Waals surface area contributed by atoms with E-state index in [4.69, 9.17) is 0 Å². The van der Waals surface area contributed by atoms with Gasteiger partial charge in [0, 0.05) is 18.5 Å². The van der Waals surface area contributed by atoms with Crippen LogP contribution in [-0.4, -0.2) is 32.6 Å². The van der Waals surface area contributed by atoms with Crippen LogP contribution in [0.4, 0.5) is 10.1 Å². The van der Waals surface area contributed by atoms with Gasteiger partial charge in [-0.05, 0) is 48.4 Å². The molecule has 9 heteroatoms. The van der Waals surface area contributed by atoms with Crippen LogP contribution < -0.4 is 10.6 Å². The molecule has 0 saturated carbocycles. The van der Waals surface area contributed by atoms with E-state index in [9.17, 15) is 14.0 Å². The Labute approximate surface area is 190 Å². The molecule has 0 bridgehead atoms. The van der Waals surface area contributed by atoms with Crippen LogP contribution in [0.3, 0.4) is 0 Å². The molecule has 32 heavy (non-hydrogen) atoms. The fourth-order valence-corrected chi connectivity index (χ4v) is 4.45. The lowest BCUT2D eigenvalue weighted by atomic mass is 10.0. The van der Waals surface area contributed by atoms with Crippen molar-refractivity contribution in [1.29, 1.82) is 0 Å². The number of thiophene rings is 1. The molecule has 1 aliphatic heterocycles. The van der Waals surface area contributed by atoms with Gasteiger partial charge in [0.05, 0.1) is 10.6 Å². The second kappa shape index (κ2) is 9.60. The largest absolute Gasteiger partial charge is 0.339 e. The molecular weight excluding hydrogens is 429 g/mol. The minimum Gasteiger partial charge on any atom is -0.339 e. The predicted octanol–water partition coefficient (Wildman–Crippen LogP) is 4.27. The van der Waals surface area contributed by atoms with E-state index in [0.717, 1.165) is 38.1 Å². The summed E-state index contributed by atoms with van der Waals surface area (Å²) in [6.45, 7) is 4.48. The fourth-order valence-electron chi connectivity index (χ4n) is 3.82. The first-order valence-corrected chi connectivity index (χ1v) is 11.7. The SMILES string of the molecule is CC(C)C(NC(=O)c1cccs1)C(=O)Nc1cc(-c2nnc3n2CCCCC3)ccc1F. The van der Waals surface area contributed by atoms with Crippen molar-refractivity contribution in [2.75, 3.05) is 5.32 Å². The van der Waals surface area contributed by atoms with Gasteiger partial charge in [-0.3, -0.25) is 9.59 Å². The number of carbonyl (C=O) groups is 2. The van der Waals surface area contributed by atoms with Crippen LogP contribution in [0.2, 0.25) is 0 Å². The summed E-state index contributed by atoms with van der Waals surface area (Å²) < 4.78 is 16.7.